The smallest absolute Gasteiger partial charge is 0.262 e. The highest BCUT2D eigenvalue weighted by Gasteiger charge is 2.24. The molecule has 1 aliphatic rings. The van der Waals surface area contributed by atoms with Crippen molar-refractivity contribution in [3.63, 3.8) is 0 Å². The predicted octanol–water partition coefficient (Wildman–Crippen LogP) is 1.96. The lowest BCUT2D eigenvalue weighted by atomic mass is 10.1. The minimum Gasteiger partial charge on any atom is -0.283 e. The summed E-state index contributed by atoms with van der Waals surface area (Å²) >= 11 is 4.83. The van der Waals surface area contributed by atoms with Crippen LogP contribution in [0.25, 0.3) is 6.08 Å². The van der Waals surface area contributed by atoms with Gasteiger partial charge < -0.3 is 0 Å². The Balaban J connectivity index is 2.60. The van der Waals surface area contributed by atoms with E-state index in [9.17, 15) is 8.42 Å². The number of nitrogens with one attached hydrogen (secondary N) is 1. The molecule has 0 saturated heterocycles. The first-order chi connectivity index (χ1) is 7.54. The average Bonchev–Trinajstić information content (AvgIpc) is 2.27. The van der Waals surface area contributed by atoms with Crippen LogP contribution in [0.3, 0.4) is 0 Å². The third-order valence-electron chi connectivity index (χ3n) is 2.47. The Hall–Kier alpha value is -1.20. The minimum atomic E-state index is -3.43. The zero-order valence-electron chi connectivity index (χ0n) is 8.67. The molecule has 0 aromatic heterocycles. The molecule has 1 aromatic carbocycles. The third-order valence-corrected chi connectivity index (χ3v) is 4.33. The number of fused-ring (bicyclic) bond motifs is 1. The maximum Gasteiger partial charge on any atom is 0.262 e. The molecule has 1 unspecified atom stereocenters. The molecule has 1 aliphatic heterocycles. The summed E-state index contributed by atoms with van der Waals surface area (Å²) in [6.07, 6.45) is 1.82. The van der Waals surface area contributed by atoms with E-state index in [4.69, 9.17) is 12.2 Å². The molecule has 16 heavy (non-hydrogen) atoms. The van der Waals surface area contributed by atoms with E-state index in [1.807, 2.05) is 19.1 Å². The van der Waals surface area contributed by atoms with Crippen molar-refractivity contribution in [2.45, 2.75) is 11.8 Å². The van der Waals surface area contributed by atoms with E-state index >= 15 is 0 Å². The van der Waals surface area contributed by atoms with Gasteiger partial charge in [-0.3, -0.25) is 4.72 Å². The van der Waals surface area contributed by atoms with Gasteiger partial charge in [-0.05, 0) is 23.1 Å². The van der Waals surface area contributed by atoms with Gasteiger partial charge in [0.2, 0.25) is 0 Å². The van der Waals surface area contributed by atoms with Crippen molar-refractivity contribution < 1.29 is 8.42 Å². The molecule has 0 saturated carbocycles. The molecule has 0 fully saturated rings. The Morgan fingerprint density at radius 3 is 2.75 bits per heavy atom. The number of hydrogen-bond acceptors (Lipinski definition) is 3. The second kappa shape index (κ2) is 3.99. The molecule has 84 valence electrons. The van der Waals surface area contributed by atoms with Crippen molar-refractivity contribution in [2.75, 3.05) is 0 Å². The predicted molar refractivity (Wildman–Crippen MR) is 67.6 cm³/mol. The summed E-state index contributed by atoms with van der Waals surface area (Å²) in [5, 5.41) is 1.54. The quantitative estimate of drug-likeness (QED) is 0.820. The lowest BCUT2D eigenvalue weighted by molar-refractivity contribution is 0.584. The molecule has 2 rings (SSSR count). The maximum atomic E-state index is 11.9. The zero-order valence-corrected chi connectivity index (χ0v) is 10.3. The first-order valence-electron chi connectivity index (χ1n) is 4.83. The summed E-state index contributed by atoms with van der Waals surface area (Å²) in [6, 6.07) is 6.90. The van der Waals surface area contributed by atoms with Gasteiger partial charge in [0.15, 0.2) is 0 Å². The molecule has 3 nitrogen and oxygen atoms in total. The highest BCUT2D eigenvalue weighted by atomic mass is 32.2. The van der Waals surface area contributed by atoms with Gasteiger partial charge in [-0.15, -0.1) is 0 Å². The number of benzene rings is 1. The molecular formula is C11H11NO2S2. The molecule has 1 heterocycles. The molecule has 0 radical (unpaired) electrons. The van der Waals surface area contributed by atoms with Crippen molar-refractivity contribution in [1.82, 2.24) is 4.72 Å². The molecule has 1 aromatic rings. The van der Waals surface area contributed by atoms with E-state index in [2.05, 4.69) is 4.72 Å². The van der Waals surface area contributed by atoms with Crippen LogP contribution in [0.2, 0.25) is 0 Å². The summed E-state index contributed by atoms with van der Waals surface area (Å²) in [5.41, 5.74) is 1.33. The highest BCUT2D eigenvalue weighted by Crippen LogP contribution is 2.25. The molecule has 5 heteroatoms. The molecule has 0 spiro atoms. The second-order valence-corrected chi connectivity index (χ2v) is 5.59. The van der Waals surface area contributed by atoms with Crippen molar-refractivity contribution >= 4 is 33.7 Å². The first-order valence-corrected chi connectivity index (χ1v) is 6.79. The number of allylic oxidation sites excluding steroid dienone is 1. The van der Waals surface area contributed by atoms with E-state index in [1.54, 1.807) is 23.6 Å². The van der Waals surface area contributed by atoms with Crippen LogP contribution in [0, 0.1) is 5.92 Å². The SMILES string of the molecule is CC(C=S)C1=Cc2ccccc2S(=O)(=O)N1. The number of hydrogen-bond donors (Lipinski definition) is 1. The van der Waals surface area contributed by atoms with Crippen molar-refractivity contribution in [3.05, 3.63) is 35.5 Å². The second-order valence-electron chi connectivity index (χ2n) is 3.67. The topological polar surface area (TPSA) is 46.2 Å². The van der Waals surface area contributed by atoms with Gasteiger partial charge in [0.1, 0.15) is 0 Å². The Bertz CT molecular complexity index is 561. The fourth-order valence-corrected chi connectivity index (χ4v) is 3.06. The van der Waals surface area contributed by atoms with Gasteiger partial charge >= 0.3 is 0 Å². The molecule has 1 atom stereocenters. The number of sulfonamides is 1. The van der Waals surface area contributed by atoms with Crippen LogP contribution in [-0.4, -0.2) is 13.8 Å². The van der Waals surface area contributed by atoms with Crippen LogP contribution in [0.1, 0.15) is 12.5 Å². The zero-order chi connectivity index (χ0) is 11.8. The van der Waals surface area contributed by atoms with Gasteiger partial charge in [-0.1, -0.05) is 37.3 Å². The van der Waals surface area contributed by atoms with E-state index < -0.39 is 10.0 Å². The van der Waals surface area contributed by atoms with Crippen LogP contribution in [0.15, 0.2) is 34.9 Å². The molecule has 0 aliphatic carbocycles. The van der Waals surface area contributed by atoms with Crippen molar-refractivity contribution in [3.8, 4) is 0 Å². The largest absolute Gasteiger partial charge is 0.283 e. The Labute approximate surface area is 100 Å². The summed E-state index contributed by atoms with van der Waals surface area (Å²) in [4.78, 5) is 0.315. The van der Waals surface area contributed by atoms with Crippen LogP contribution >= 0.6 is 12.2 Å². The maximum absolute atomic E-state index is 11.9. The van der Waals surface area contributed by atoms with Gasteiger partial charge in [0.25, 0.3) is 10.0 Å². The normalized spacial score (nSPS) is 18.9. The van der Waals surface area contributed by atoms with Gasteiger partial charge in [0, 0.05) is 11.6 Å². The Morgan fingerprint density at radius 2 is 2.06 bits per heavy atom. The van der Waals surface area contributed by atoms with Crippen LogP contribution in [-0.2, 0) is 10.0 Å². The van der Waals surface area contributed by atoms with Crippen LogP contribution < -0.4 is 4.72 Å². The fraction of sp³-hybridized carbons (Fsp3) is 0.182. The average molecular weight is 253 g/mol. The van der Waals surface area contributed by atoms with Crippen LogP contribution in [0.4, 0.5) is 0 Å². The summed E-state index contributed by atoms with van der Waals surface area (Å²) in [6.45, 7) is 1.86. The minimum absolute atomic E-state index is 0.0851. The van der Waals surface area contributed by atoms with Gasteiger partial charge in [0.05, 0.1) is 4.90 Å². The standard InChI is InChI=1S/C11H11NO2S2/c1-8(7-15)10-6-9-4-2-3-5-11(9)16(13,14)12-10/h2-8,12H,1H3. The monoisotopic (exact) mass is 253 g/mol. The highest BCUT2D eigenvalue weighted by molar-refractivity contribution is 7.89. The van der Waals surface area contributed by atoms with E-state index in [0.717, 1.165) is 0 Å². The van der Waals surface area contributed by atoms with Gasteiger partial charge in [-0.25, -0.2) is 8.42 Å². The summed E-state index contributed by atoms with van der Waals surface area (Å²) in [5.74, 6) is -0.0851. The third kappa shape index (κ3) is 1.88. The molecular weight excluding hydrogens is 242 g/mol. The first kappa shape index (κ1) is 11.3. The molecule has 0 bridgehead atoms. The fourth-order valence-electron chi connectivity index (χ4n) is 1.55. The van der Waals surface area contributed by atoms with Crippen molar-refractivity contribution in [2.24, 2.45) is 5.92 Å². The number of rotatable bonds is 2. The van der Waals surface area contributed by atoms with E-state index in [-0.39, 0.29) is 5.92 Å². The molecule has 1 N–H and O–H groups in total. The Morgan fingerprint density at radius 1 is 1.38 bits per heavy atom. The summed E-state index contributed by atoms with van der Waals surface area (Å²) in [7, 11) is -3.43. The Kier molecular flexibility index (Phi) is 2.82. The lowest BCUT2D eigenvalue weighted by Gasteiger charge is -2.21. The summed E-state index contributed by atoms with van der Waals surface area (Å²) < 4.78 is 26.3. The van der Waals surface area contributed by atoms with E-state index in [0.29, 0.717) is 16.2 Å². The van der Waals surface area contributed by atoms with Gasteiger partial charge in [-0.2, -0.15) is 0 Å². The van der Waals surface area contributed by atoms with Crippen LogP contribution in [0.5, 0.6) is 0 Å². The van der Waals surface area contributed by atoms with Crippen molar-refractivity contribution in [1.29, 1.82) is 0 Å². The lowest BCUT2D eigenvalue weighted by Crippen LogP contribution is -2.30. The number of thiocarbonyl (C=S) groups is 1. The van der Waals surface area contributed by atoms with E-state index in [1.165, 1.54) is 0 Å². The molecule has 0 amide bonds.